The second kappa shape index (κ2) is 7.09. The Labute approximate surface area is 149 Å². The fraction of sp³-hybridized carbons (Fsp3) is 0.333. The average molecular weight is 336 g/mol. The summed E-state index contributed by atoms with van der Waals surface area (Å²) in [5.41, 5.74) is 3.68. The lowest BCUT2D eigenvalue weighted by Crippen LogP contribution is -2.55. The molecule has 0 aromatic heterocycles. The van der Waals surface area contributed by atoms with Gasteiger partial charge in [-0.05, 0) is 45.0 Å². The molecule has 1 heterocycles. The van der Waals surface area contributed by atoms with Crippen molar-refractivity contribution in [3.63, 3.8) is 0 Å². The summed E-state index contributed by atoms with van der Waals surface area (Å²) in [6.45, 7) is 7.70. The predicted molar refractivity (Wildman–Crippen MR) is 98.8 cm³/mol. The van der Waals surface area contributed by atoms with Crippen LogP contribution in [0.1, 0.15) is 38.8 Å². The molecule has 0 N–H and O–H groups in total. The number of piperazine rings is 1. The minimum absolute atomic E-state index is 0.00282. The molecule has 0 saturated carbocycles. The standard InChI is InChI=1S/C21H24N2O2/c1-15-4-8-18(9-5-15)20(24)22-12-13-23(17(3)14-22)21(25)19-10-6-16(2)7-11-19/h4-11,17H,12-14H2,1-3H3. The van der Waals surface area contributed by atoms with Crippen molar-refractivity contribution < 1.29 is 9.59 Å². The third-order valence-electron chi connectivity index (χ3n) is 4.77. The van der Waals surface area contributed by atoms with Crippen molar-refractivity contribution in [2.75, 3.05) is 19.6 Å². The molecule has 0 bridgehead atoms. The smallest absolute Gasteiger partial charge is 0.254 e. The third-order valence-corrected chi connectivity index (χ3v) is 4.77. The molecule has 0 radical (unpaired) electrons. The first-order chi connectivity index (χ1) is 12.0. The molecule has 4 heteroatoms. The van der Waals surface area contributed by atoms with E-state index in [4.69, 9.17) is 0 Å². The molecule has 0 aliphatic carbocycles. The van der Waals surface area contributed by atoms with Crippen molar-refractivity contribution in [3.8, 4) is 0 Å². The Morgan fingerprint density at radius 3 is 1.76 bits per heavy atom. The Morgan fingerprint density at radius 1 is 0.800 bits per heavy atom. The highest BCUT2D eigenvalue weighted by Gasteiger charge is 2.30. The number of aryl methyl sites for hydroxylation is 2. The molecule has 3 rings (SSSR count). The quantitative estimate of drug-likeness (QED) is 0.844. The Kier molecular flexibility index (Phi) is 4.88. The van der Waals surface area contributed by atoms with E-state index in [0.717, 1.165) is 11.1 Å². The predicted octanol–water partition coefficient (Wildman–Crippen LogP) is 3.29. The number of benzene rings is 2. The SMILES string of the molecule is Cc1ccc(C(=O)N2CCN(C(=O)c3ccc(C)cc3)C(C)C2)cc1. The summed E-state index contributed by atoms with van der Waals surface area (Å²) >= 11 is 0. The van der Waals surface area contributed by atoms with E-state index in [1.54, 1.807) is 0 Å². The van der Waals surface area contributed by atoms with E-state index in [2.05, 4.69) is 0 Å². The van der Waals surface area contributed by atoms with Crippen LogP contribution in [0.5, 0.6) is 0 Å². The van der Waals surface area contributed by atoms with Crippen molar-refractivity contribution in [2.24, 2.45) is 0 Å². The Hall–Kier alpha value is -2.62. The lowest BCUT2D eigenvalue weighted by Gasteiger charge is -2.40. The van der Waals surface area contributed by atoms with Gasteiger partial charge >= 0.3 is 0 Å². The number of carbonyl (C=O) groups is 2. The maximum atomic E-state index is 12.7. The van der Waals surface area contributed by atoms with Gasteiger partial charge in [-0.25, -0.2) is 0 Å². The van der Waals surface area contributed by atoms with Crippen LogP contribution in [0.25, 0.3) is 0 Å². The van der Waals surface area contributed by atoms with E-state index in [0.29, 0.717) is 30.8 Å². The summed E-state index contributed by atoms with van der Waals surface area (Å²) in [6.07, 6.45) is 0. The molecule has 2 aromatic rings. The first-order valence-electron chi connectivity index (χ1n) is 8.69. The zero-order valence-corrected chi connectivity index (χ0v) is 15.0. The first kappa shape index (κ1) is 17.2. The highest BCUT2D eigenvalue weighted by molar-refractivity contribution is 5.96. The van der Waals surface area contributed by atoms with Crippen molar-refractivity contribution >= 4 is 11.8 Å². The van der Waals surface area contributed by atoms with Gasteiger partial charge in [0.05, 0.1) is 0 Å². The lowest BCUT2D eigenvalue weighted by molar-refractivity contribution is 0.0414. The normalized spacial score (nSPS) is 17.5. The molecule has 0 spiro atoms. The topological polar surface area (TPSA) is 40.6 Å². The number of nitrogens with zero attached hydrogens (tertiary/aromatic N) is 2. The lowest BCUT2D eigenvalue weighted by atomic mass is 10.1. The fourth-order valence-electron chi connectivity index (χ4n) is 3.18. The summed E-state index contributed by atoms with van der Waals surface area (Å²) in [4.78, 5) is 29.1. The second-order valence-corrected chi connectivity index (χ2v) is 6.83. The molecule has 2 amide bonds. The van der Waals surface area contributed by atoms with Gasteiger partial charge in [-0.2, -0.15) is 0 Å². The second-order valence-electron chi connectivity index (χ2n) is 6.83. The molecule has 1 aliphatic rings. The molecule has 1 aliphatic heterocycles. The molecule has 1 unspecified atom stereocenters. The van der Waals surface area contributed by atoms with Crippen LogP contribution in [0, 0.1) is 13.8 Å². The highest BCUT2D eigenvalue weighted by Crippen LogP contribution is 2.17. The third kappa shape index (κ3) is 3.73. The number of hydrogen-bond donors (Lipinski definition) is 0. The summed E-state index contributed by atoms with van der Waals surface area (Å²) in [7, 11) is 0. The number of carbonyl (C=O) groups excluding carboxylic acids is 2. The number of rotatable bonds is 2. The van der Waals surface area contributed by atoms with Gasteiger partial charge in [0, 0.05) is 36.8 Å². The number of hydrogen-bond acceptors (Lipinski definition) is 2. The van der Waals surface area contributed by atoms with Crippen molar-refractivity contribution in [1.82, 2.24) is 9.80 Å². The molecule has 25 heavy (non-hydrogen) atoms. The molecule has 1 fully saturated rings. The van der Waals surface area contributed by atoms with Gasteiger partial charge in [0.2, 0.25) is 0 Å². The zero-order valence-electron chi connectivity index (χ0n) is 15.0. The van der Waals surface area contributed by atoms with Gasteiger partial charge in [-0.3, -0.25) is 9.59 Å². The monoisotopic (exact) mass is 336 g/mol. The van der Waals surface area contributed by atoms with E-state index in [-0.39, 0.29) is 17.9 Å². The molecular formula is C21H24N2O2. The summed E-state index contributed by atoms with van der Waals surface area (Å²) in [5.74, 6) is 0.0734. The van der Waals surface area contributed by atoms with Crippen molar-refractivity contribution in [2.45, 2.75) is 26.8 Å². The Balaban J connectivity index is 1.67. The zero-order chi connectivity index (χ0) is 18.0. The maximum absolute atomic E-state index is 12.7. The van der Waals surface area contributed by atoms with E-state index >= 15 is 0 Å². The minimum atomic E-state index is -0.00282. The van der Waals surface area contributed by atoms with E-state index in [1.165, 1.54) is 0 Å². The van der Waals surface area contributed by atoms with Gasteiger partial charge in [0.25, 0.3) is 11.8 Å². The van der Waals surface area contributed by atoms with E-state index in [9.17, 15) is 9.59 Å². The average Bonchev–Trinajstić information content (AvgIpc) is 2.62. The fourth-order valence-corrected chi connectivity index (χ4v) is 3.18. The van der Waals surface area contributed by atoms with Gasteiger partial charge in [0.15, 0.2) is 0 Å². The van der Waals surface area contributed by atoms with Crippen LogP contribution < -0.4 is 0 Å². The summed E-state index contributed by atoms with van der Waals surface area (Å²) in [6, 6.07) is 15.3. The van der Waals surface area contributed by atoms with Gasteiger partial charge in [0.1, 0.15) is 0 Å². The Morgan fingerprint density at radius 2 is 1.28 bits per heavy atom. The van der Waals surface area contributed by atoms with E-state index < -0.39 is 0 Å². The molecule has 2 aromatic carbocycles. The van der Waals surface area contributed by atoms with Crippen LogP contribution in [0.3, 0.4) is 0 Å². The van der Waals surface area contributed by atoms with E-state index in [1.807, 2.05) is 79.1 Å². The van der Waals surface area contributed by atoms with Crippen LogP contribution in [0.4, 0.5) is 0 Å². The summed E-state index contributed by atoms with van der Waals surface area (Å²) < 4.78 is 0. The maximum Gasteiger partial charge on any atom is 0.254 e. The molecule has 1 saturated heterocycles. The van der Waals surface area contributed by atoms with Crippen molar-refractivity contribution in [1.29, 1.82) is 0 Å². The molecule has 130 valence electrons. The minimum Gasteiger partial charge on any atom is -0.335 e. The highest BCUT2D eigenvalue weighted by atomic mass is 16.2. The van der Waals surface area contributed by atoms with Crippen LogP contribution in [-0.2, 0) is 0 Å². The van der Waals surface area contributed by atoms with Gasteiger partial charge in [-0.1, -0.05) is 35.4 Å². The number of amides is 2. The van der Waals surface area contributed by atoms with Gasteiger partial charge < -0.3 is 9.80 Å². The molecule has 1 atom stereocenters. The van der Waals surface area contributed by atoms with Crippen molar-refractivity contribution in [3.05, 3.63) is 70.8 Å². The van der Waals surface area contributed by atoms with Gasteiger partial charge in [-0.15, -0.1) is 0 Å². The Bertz CT molecular complexity index is 765. The largest absolute Gasteiger partial charge is 0.335 e. The summed E-state index contributed by atoms with van der Waals surface area (Å²) in [5, 5.41) is 0. The molecular weight excluding hydrogens is 312 g/mol. The first-order valence-corrected chi connectivity index (χ1v) is 8.69. The van der Waals surface area contributed by atoms with Crippen LogP contribution in [-0.4, -0.2) is 47.3 Å². The van der Waals surface area contributed by atoms with Crippen LogP contribution >= 0.6 is 0 Å². The van der Waals surface area contributed by atoms with Crippen LogP contribution in [0.15, 0.2) is 48.5 Å². The van der Waals surface area contributed by atoms with Crippen LogP contribution in [0.2, 0.25) is 0 Å². The molecule has 4 nitrogen and oxygen atoms in total.